The Labute approximate surface area is 113 Å². The van der Waals surface area contributed by atoms with Crippen LogP contribution in [0.15, 0.2) is 36.5 Å². The fourth-order valence-corrected chi connectivity index (χ4v) is 1.86. The molecule has 2 rings (SSSR count). The van der Waals surface area contributed by atoms with Gasteiger partial charge < -0.3 is 9.84 Å². The van der Waals surface area contributed by atoms with E-state index in [2.05, 4.69) is 24.9 Å². The molecule has 0 radical (unpaired) electrons. The van der Waals surface area contributed by atoms with Gasteiger partial charge in [-0.15, -0.1) is 0 Å². The second kappa shape index (κ2) is 5.85. The average molecular weight is 257 g/mol. The van der Waals surface area contributed by atoms with Gasteiger partial charge in [-0.1, -0.05) is 26.0 Å². The molecule has 100 valence electrons. The van der Waals surface area contributed by atoms with Crippen LogP contribution in [-0.2, 0) is 6.61 Å². The Bertz CT molecular complexity index is 564. The number of hydrogen-bond donors (Lipinski definition) is 1. The van der Waals surface area contributed by atoms with Gasteiger partial charge in [0.05, 0.1) is 6.61 Å². The first-order valence-electron chi connectivity index (χ1n) is 6.44. The average Bonchev–Trinajstić information content (AvgIpc) is 2.41. The number of nitrogens with zero attached hydrogens (tertiary/aromatic N) is 1. The molecule has 0 saturated heterocycles. The maximum Gasteiger partial charge on any atom is 0.222 e. The summed E-state index contributed by atoms with van der Waals surface area (Å²) < 4.78 is 5.81. The third kappa shape index (κ3) is 3.32. The largest absolute Gasteiger partial charge is 0.439 e. The Morgan fingerprint density at radius 1 is 1.26 bits per heavy atom. The van der Waals surface area contributed by atoms with Crippen LogP contribution >= 0.6 is 0 Å². The number of benzene rings is 1. The second-order valence-electron chi connectivity index (χ2n) is 4.95. The van der Waals surface area contributed by atoms with Gasteiger partial charge in [-0.2, -0.15) is 0 Å². The Morgan fingerprint density at radius 3 is 2.68 bits per heavy atom. The molecule has 3 heteroatoms. The third-order valence-electron chi connectivity index (χ3n) is 3.01. The van der Waals surface area contributed by atoms with Gasteiger partial charge >= 0.3 is 0 Å². The van der Waals surface area contributed by atoms with Crippen molar-refractivity contribution in [2.24, 2.45) is 0 Å². The second-order valence-corrected chi connectivity index (χ2v) is 4.95. The molecule has 0 atom stereocenters. The van der Waals surface area contributed by atoms with Crippen LogP contribution in [0.3, 0.4) is 0 Å². The first kappa shape index (κ1) is 13.6. The van der Waals surface area contributed by atoms with Crippen LogP contribution in [0.25, 0.3) is 0 Å². The van der Waals surface area contributed by atoms with Gasteiger partial charge in [-0.05, 0) is 42.2 Å². The van der Waals surface area contributed by atoms with E-state index in [-0.39, 0.29) is 6.61 Å². The normalized spacial score (nSPS) is 10.8. The molecule has 0 aliphatic carbocycles. The van der Waals surface area contributed by atoms with Crippen LogP contribution in [0, 0.1) is 6.92 Å². The molecule has 0 bridgehead atoms. The van der Waals surface area contributed by atoms with E-state index in [9.17, 15) is 0 Å². The van der Waals surface area contributed by atoms with Crippen molar-refractivity contribution in [3.8, 4) is 11.6 Å². The van der Waals surface area contributed by atoms with Gasteiger partial charge in [0, 0.05) is 11.8 Å². The van der Waals surface area contributed by atoms with Gasteiger partial charge in [0.1, 0.15) is 5.75 Å². The fraction of sp³-hybridized carbons (Fsp3) is 0.312. The van der Waals surface area contributed by atoms with Crippen LogP contribution in [0.1, 0.15) is 36.5 Å². The molecule has 0 amide bonds. The maximum absolute atomic E-state index is 9.06. The van der Waals surface area contributed by atoms with Crippen molar-refractivity contribution in [3.05, 3.63) is 53.2 Å². The highest BCUT2D eigenvalue weighted by molar-refractivity contribution is 5.36. The van der Waals surface area contributed by atoms with E-state index in [1.807, 2.05) is 31.2 Å². The van der Waals surface area contributed by atoms with Crippen molar-refractivity contribution in [2.45, 2.75) is 33.3 Å². The quantitative estimate of drug-likeness (QED) is 0.906. The van der Waals surface area contributed by atoms with Crippen LogP contribution in [0.5, 0.6) is 11.6 Å². The van der Waals surface area contributed by atoms with Gasteiger partial charge in [-0.3, -0.25) is 0 Å². The third-order valence-corrected chi connectivity index (χ3v) is 3.01. The summed E-state index contributed by atoms with van der Waals surface area (Å²) in [6.45, 7) is 6.22. The number of ether oxygens (including phenoxy) is 1. The zero-order valence-corrected chi connectivity index (χ0v) is 11.6. The summed E-state index contributed by atoms with van der Waals surface area (Å²) in [5.41, 5.74) is 2.95. The predicted molar refractivity (Wildman–Crippen MR) is 75.5 cm³/mol. The minimum atomic E-state index is -0.00302. The topological polar surface area (TPSA) is 42.4 Å². The van der Waals surface area contributed by atoms with E-state index in [1.165, 1.54) is 5.56 Å². The van der Waals surface area contributed by atoms with E-state index in [0.717, 1.165) is 16.9 Å². The van der Waals surface area contributed by atoms with Gasteiger partial charge in [0.2, 0.25) is 5.88 Å². The number of rotatable bonds is 4. The van der Waals surface area contributed by atoms with Gasteiger partial charge in [0.25, 0.3) is 0 Å². The molecule has 1 heterocycles. The van der Waals surface area contributed by atoms with Gasteiger partial charge in [0.15, 0.2) is 0 Å². The summed E-state index contributed by atoms with van der Waals surface area (Å²) >= 11 is 0. The lowest BCUT2D eigenvalue weighted by molar-refractivity contribution is 0.281. The number of aromatic nitrogens is 1. The zero-order chi connectivity index (χ0) is 13.8. The number of pyridine rings is 1. The monoisotopic (exact) mass is 257 g/mol. The highest BCUT2D eigenvalue weighted by Gasteiger charge is 2.06. The van der Waals surface area contributed by atoms with E-state index < -0.39 is 0 Å². The Hall–Kier alpha value is -1.87. The molecule has 1 aromatic heterocycles. The molecule has 0 saturated carbocycles. The van der Waals surface area contributed by atoms with Crippen LogP contribution in [0.2, 0.25) is 0 Å². The van der Waals surface area contributed by atoms with Crippen molar-refractivity contribution >= 4 is 0 Å². The Balaban J connectivity index is 2.23. The summed E-state index contributed by atoms with van der Waals surface area (Å²) in [5.74, 6) is 1.84. The first-order valence-corrected chi connectivity index (χ1v) is 6.44. The predicted octanol–water partition coefficient (Wildman–Crippen LogP) is 3.80. The zero-order valence-electron chi connectivity index (χ0n) is 11.6. The summed E-state index contributed by atoms with van der Waals surface area (Å²) in [7, 11) is 0. The van der Waals surface area contributed by atoms with E-state index in [0.29, 0.717) is 11.8 Å². The summed E-state index contributed by atoms with van der Waals surface area (Å²) in [4.78, 5) is 4.24. The van der Waals surface area contributed by atoms with Crippen molar-refractivity contribution < 1.29 is 9.84 Å². The van der Waals surface area contributed by atoms with Crippen molar-refractivity contribution in [1.29, 1.82) is 0 Å². The van der Waals surface area contributed by atoms with E-state index in [1.54, 1.807) is 6.20 Å². The summed E-state index contributed by atoms with van der Waals surface area (Å²) in [5, 5.41) is 9.06. The molecule has 3 nitrogen and oxygen atoms in total. The van der Waals surface area contributed by atoms with Crippen LogP contribution < -0.4 is 4.74 Å². The lowest BCUT2D eigenvalue weighted by Gasteiger charge is -2.11. The molecular formula is C16H19NO2. The standard InChI is InChI=1S/C16H19NO2/c1-11(2)14-5-4-6-15(8-14)19-16-12(3)7-13(10-18)9-17-16/h4-9,11,18H,10H2,1-3H3. The minimum Gasteiger partial charge on any atom is -0.439 e. The summed E-state index contributed by atoms with van der Waals surface area (Å²) in [6, 6.07) is 9.92. The Morgan fingerprint density at radius 2 is 2.05 bits per heavy atom. The molecule has 19 heavy (non-hydrogen) atoms. The molecule has 0 spiro atoms. The number of aliphatic hydroxyl groups is 1. The number of hydrogen-bond acceptors (Lipinski definition) is 3. The lowest BCUT2D eigenvalue weighted by atomic mass is 10.0. The molecule has 0 aliphatic rings. The molecular weight excluding hydrogens is 238 g/mol. The molecule has 0 fully saturated rings. The van der Waals surface area contributed by atoms with Crippen molar-refractivity contribution in [3.63, 3.8) is 0 Å². The van der Waals surface area contributed by atoms with E-state index >= 15 is 0 Å². The SMILES string of the molecule is Cc1cc(CO)cnc1Oc1cccc(C(C)C)c1. The number of aryl methyl sites for hydroxylation is 1. The Kier molecular flexibility index (Phi) is 4.17. The lowest BCUT2D eigenvalue weighted by Crippen LogP contribution is -1.95. The van der Waals surface area contributed by atoms with Crippen LogP contribution in [0.4, 0.5) is 0 Å². The smallest absolute Gasteiger partial charge is 0.222 e. The highest BCUT2D eigenvalue weighted by Crippen LogP contribution is 2.26. The highest BCUT2D eigenvalue weighted by atomic mass is 16.5. The van der Waals surface area contributed by atoms with Gasteiger partial charge in [-0.25, -0.2) is 4.98 Å². The summed E-state index contributed by atoms with van der Waals surface area (Å²) in [6.07, 6.45) is 1.63. The molecule has 1 aromatic carbocycles. The van der Waals surface area contributed by atoms with Crippen molar-refractivity contribution in [2.75, 3.05) is 0 Å². The maximum atomic E-state index is 9.06. The molecule has 1 N–H and O–H groups in total. The molecule has 0 unspecified atom stereocenters. The van der Waals surface area contributed by atoms with E-state index in [4.69, 9.17) is 9.84 Å². The first-order chi connectivity index (χ1) is 9.10. The molecule has 2 aromatic rings. The van der Waals surface area contributed by atoms with Crippen LogP contribution in [-0.4, -0.2) is 10.1 Å². The minimum absolute atomic E-state index is 0.00302. The number of aliphatic hydroxyl groups excluding tert-OH is 1. The fourth-order valence-electron chi connectivity index (χ4n) is 1.86. The molecule has 0 aliphatic heterocycles. The van der Waals surface area contributed by atoms with Crippen molar-refractivity contribution in [1.82, 2.24) is 4.98 Å².